The third-order valence-electron chi connectivity index (χ3n) is 5.66. The van der Waals surface area contributed by atoms with Gasteiger partial charge < -0.3 is 10.2 Å². The summed E-state index contributed by atoms with van der Waals surface area (Å²) in [6.45, 7) is 2.12. The molecule has 1 N–H and O–H groups in total. The van der Waals surface area contributed by atoms with Crippen LogP contribution in [0.15, 0.2) is 42.5 Å². The summed E-state index contributed by atoms with van der Waals surface area (Å²) >= 11 is 0. The summed E-state index contributed by atoms with van der Waals surface area (Å²) < 4.78 is 0. The maximum Gasteiger partial charge on any atom is 0.325 e. The van der Waals surface area contributed by atoms with E-state index in [0.717, 1.165) is 34.2 Å². The predicted molar refractivity (Wildman–Crippen MR) is 103 cm³/mol. The highest BCUT2D eigenvalue weighted by atomic mass is 16.2. The SMILES string of the molecule is CCN(C(=O)CN1C(=O)NC2(CCCC2)C1=O)c1ccc2ccccc2c1. The normalized spacial score (nSPS) is 18.3. The quantitative estimate of drug-likeness (QED) is 0.847. The van der Waals surface area contributed by atoms with Crippen LogP contribution in [0.1, 0.15) is 32.6 Å². The Morgan fingerprint density at radius 3 is 2.52 bits per heavy atom. The van der Waals surface area contributed by atoms with Gasteiger partial charge in [-0.2, -0.15) is 0 Å². The second kappa shape index (κ2) is 6.68. The van der Waals surface area contributed by atoms with E-state index in [2.05, 4.69) is 5.32 Å². The van der Waals surface area contributed by atoms with E-state index in [9.17, 15) is 14.4 Å². The highest BCUT2D eigenvalue weighted by molar-refractivity contribution is 6.10. The van der Waals surface area contributed by atoms with Crippen molar-refractivity contribution in [3.8, 4) is 0 Å². The van der Waals surface area contributed by atoms with Gasteiger partial charge in [0.15, 0.2) is 0 Å². The Balaban J connectivity index is 1.55. The highest BCUT2D eigenvalue weighted by Crippen LogP contribution is 2.35. The first kappa shape index (κ1) is 17.5. The Morgan fingerprint density at radius 2 is 1.81 bits per heavy atom. The van der Waals surface area contributed by atoms with Crippen molar-refractivity contribution in [1.82, 2.24) is 10.2 Å². The van der Waals surface area contributed by atoms with E-state index in [1.807, 2.05) is 49.4 Å². The van der Waals surface area contributed by atoms with Gasteiger partial charge in [0.25, 0.3) is 5.91 Å². The first-order chi connectivity index (χ1) is 13.0. The fraction of sp³-hybridized carbons (Fsp3) is 0.381. The third kappa shape index (κ3) is 2.95. The Hall–Kier alpha value is -2.89. The number of carbonyl (C=O) groups is 3. The number of urea groups is 1. The van der Waals surface area contributed by atoms with Crippen LogP contribution in [0.4, 0.5) is 10.5 Å². The van der Waals surface area contributed by atoms with Crippen LogP contribution in [0, 0.1) is 0 Å². The molecule has 4 amide bonds. The number of anilines is 1. The van der Waals surface area contributed by atoms with Crippen molar-refractivity contribution in [3.63, 3.8) is 0 Å². The van der Waals surface area contributed by atoms with E-state index in [4.69, 9.17) is 0 Å². The number of benzene rings is 2. The molecule has 2 aromatic rings. The van der Waals surface area contributed by atoms with Crippen LogP contribution in [0.2, 0.25) is 0 Å². The lowest BCUT2D eigenvalue weighted by Gasteiger charge is -2.24. The van der Waals surface area contributed by atoms with Crippen molar-refractivity contribution in [2.45, 2.75) is 38.1 Å². The molecule has 1 saturated carbocycles. The summed E-state index contributed by atoms with van der Waals surface area (Å²) in [5.74, 6) is -0.515. The van der Waals surface area contributed by atoms with Crippen LogP contribution in [0.3, 0.4) is 0 Å². The van der Waals surface area contributed by atoms with E-state index >= 15 is 0 Å². The molecule has 0 bridgehead atoms. The number of likely N-dealkylation sites (N-methyl/N-ethyl adjacent to an activating group) is 1. The number of carbonyl (C=O) groups excluding carboxylic acids is 3. The number of nitrogens with one attached hydrogen (secondary N) is 1. The number of imide groups is 1. The van der Waals surface area contributed by atoms with Crippen molar-refractivity contribution in [2.24, 2.45) is 0 Å². The lowest BCUT2D eigenvalue weighted by molar-refractivity contribution is -0.134. The summed E-state index contributed by atoms with van der Waals surface area (Å²) in [5.41, 5.74) is -0.0130. The van der Waals surface area contributed by atoms with Gasteiger partial charge in [0.2, 0.25) is 5.91 Å². The topological polar surface area (TPSA) is 69.7 Å². The Bertz CT molecular complexity index is 918. The van der Waals surface area contributed by atoms with Crippen LogP contribution in [-0.4, -0.2) is 41.4 Å². The van der Waals surface area contributed by atoms with Gasteiger partial charge in [0.05, 0.1) is 0 Å². The Labute approximate surface area is 158 Å². The number of hydrogen-bond acceptors (Lipinski definition) is 3. The fourth-order valence-electron chi connectivity index (χ4n) is 4.21. The van der Waals surface area contributed by atoms with Crippen molar-refractivity contribution in [1.29, 1.82) is 0 Å². The molecule has 2 fully saturated rings. The molecule has 1 spiro atoms. The van der Waals surface area contributed by atoms with Gasteiger partial charge in [0.1, 0.15) is 12.1 Å². The first-order valence-electron chi connectivity index (χ1n) is 9.47. The summed E-state index contributed by atoms with van der Waals surface area (Å²) in [7, 11) is 0. The second-order valence-corrected chi connectivity index (χ2v) is 7.28. The van der Waals surface area contributed by atoms with E-state index in [1.165, 1.54) is 0 Å². The van der Waals surface area contributed by atoms with Crippen LogP contribution in [0.5, 0.6) is 0 Å². The average Bonchev–Trinajstić information content (AvgIpc) is 3.23. The van der Waals surface area contributed by atoms with Crippen molar-refractivity contribution >= 4 is 34.3 Å². The van der Waals surface area contributed by atoms with Gasteiger partial charge in [-0.15, -0.1) is 0 Å². The minimum Gasteiger partial charge on any atom is -0.323 e. The monoisotopic (exact) mass is 365 g/mol. The van der Waals surface area contributed by atoms with Crippen molar-refractivity contribution < 1.29 is 14.4 Å². The molecule has 1 aliphatic heterocycles. The third-order valence-corrected chi connectivity index (χ3v) is 5.66. The second-order valence-electron chi connectivity index (χ2n) is 7.28. The molecule has 6 nitrogen and oxygen atoms in total. The molecular formula is C21H23N3O3. The van der Waals surface area contributed by atoms with E-state index in [-0.39, 0.29) is 18.4 Å². The fourth-order valence-corrected chi connectivity index (χ4v) is 4.21. The first-order valence-corrected chi connectivity index (χ1v) is 9.47. The number of rotatable bonds is 4. The number of hydrogen-bond donors (Lipinski definition) is 1. The Morgan fingerprint density at radius 1 is 1.11 bits per heavy atom. The van der Waals surface area contributed by atoms with Crippen LogP contribution in [0.25, 0.3) is 10.8 Å². The maximum atomic E-state index is 12.9. The molecule has 4 rings (SSSR count). The molecule has 6 heteroatoms. The van der Waals surface area contributed by atoms with E-state index in [1.54, 1.807) is 4.90 Å². The van der Waals surface area contributed by atoms with Crippen molar-refractivity contribution in [2.75, 3.05) is 18.0 Å². The van der Waals surface area contributed by atoms with Gasteiger partial charge >= 0.3 is 6.03 Å². The standard InChI is InChI=1S/C21H23N3O3/c1-2-23(17-10-9-15-7-3-4-8-16(15)13-17)18(25)14-24-19(26)21(22-20(24)27)11-5-6-12-21/h3-4,7-10,13H,2,5-6,11-12,14H2,1H3,(H,22,27). The zero-order chi connectivity index (χ0) is 19.0. The maximum absolute atomic E-state index is 12.9. The predicted octanol–water partition coefficient (Wildman–Crippen LogP) is 3.06. The molecule has 1 heterocycles. The van der Waals surface area contributed by atoms with Crippen LogP contribution >= 0.6 is 0 Å². The zero-order valence-corrected chi connectivity index (χ0v) is 15.4. The molecule has 2 aromatic carbocycles. The summed E-state index contributed by atoms with van der Waals surface area (Å²) in [5, 5.41) is 4.96. The van der Waals surface area contributed by atoms with Gasteiger partial charge in [-0.25, -0.2) is 4.79 Å². The summed E-state index contributed by atoms with van der Waals surface area (Å²) in [6, 6.07) is 13.3. The van der Waals surface area contributed by atoms with Gasteiger partial charge in [-0.05, 0) is 42.7 Å². The molecular weight excluding hydrogens is 342 g/mol. The molecule has 140 valence electrons. The van der Waals surface area contributed by atoms with E-state index in [0.29, 0.717) is 19.4 Å². The lowest BCUT2D eigenvalue weighted by Crippen LogP contribution is -2.46. The molecule has 27 heavy (non-hydrogen) atoms. The van der Waals surface area contributed by atoms with Crippen LogP contribution in [-0.2, 0) is 9.59 Å². The molecule has 0 unspecified atom stereocenters. The van der Waals surface area contributed by atoms with Gasteiger partial charge in [0, 0.05) is 12.2 Å². The zero-order valence-electron chi connectivity index (χ0n) is 15.4. The van der Waals surface area contributed by atoms with E-state index < -0.39 is 11.6 Å². The van der Waals surface area contributed by atoms with Crippen molar-refractivity contribution in [3.05, 3.63) is 42.5 Å². The molecule has 1 aliphatic carbocycles. The smallest absolute Gasteiger partial charge is 0.323 e. The average molecular weight is 365 g/mol. The van der Waals surface area contributed by atoms with Gasteiger partial charge in [-0.1, -0.05) is 43.2 Å². The largest absolute Gasteiger partial charge is 0.325 e. The molecule has 0 radical (unpaired) electrons. The molecule has 1 saturated heterocycles. The molecule has 0 atom stereocenters. The summed E-state index contributed by atoms with van der Waals surface area (Å²) in [4.78, 5) is 40.7. The van der Waals surface area contributed by atoms with Gasteiger partial charge in [-0.3, -0.25) is 14.5 Å². The molecule has 2 aliphatic rings. The lowest BCUT2D eigenvalue weighted by atomic mass is 9.98. The molecule has 0 aromatic heterocycles. The minimum atomic E-state index is -0.780. The number of nitrogens with zero attached hydrogens (tertiary/aromatic N) is 2. The number of amides is 4. The number of fused-ring (bicyclic) bond motifs is 1. The Kier molecular flexibility index (Phi) is 4.34. The highest BCUT2D eigenvalue weighted by Gasteiger charge is 2.52. The minimum absolute atomic E-state index is 0.229. The van der Waals surface area contributed by atoms with Crippen LogP contribution < -0.4 is 10.2 Å². The summed E-state index contributed by atoms with van der Waals surface area (Å²) in [6.07, 6.45) is 3.16.